The number of aliphatic hydroxyl groups is 2. The van der Waals surface area contributed by atoms with Crippen LogP contribution in [0.4, 0.5) is 0 Å². The highest BCUT2D eigenvalue weighted by atomic mass is 35.5. The van der Waals surface area contributed by atoms with E-state index in [1.165, 1.54) is 11.8 Å². The summed E-state index contributed by atoms with van der Waals surface area (Å²) in [7, 11) is 0. The number of rotatable bonds is 18. The molecule has 2 saturated heterocycles. The molecule has 10 nitrogen and oxygen atoms in total. The van der Waals surface area contributed by atoms with Gasteiger partial charge in [-0.3, -0.25) is 19.4 Å². The fourth-order valence-corrected chi connectivity index (χ4v) is 9.94. The van der Waals surface area contributed by atoms with Crippen molar-refractivity contribution in [1.29, 1.82) is 0 Å². The van der Waals surface area contributed by atoms with Crippen molar-refractivity contribution in [2.45, 2.75) is 9.79 Å². The van der Waals surface area contributed by atoms with E-state index < -0.39 is 0 Å². The molecule has 4 aromatic rings. The monoisotopic (exact) mass is 994 g/mol. The minimum Gasteiger partial charge on any atom is -0.394 e. The van der Waals surface area contributed by atoms with Crippen LogP contribution in [0, 0.1) is 0 Å². The molecule has 2 amide bonds. The lowest BCUT2D eigenvalue weighted by Crippen LogP contribution is -2.49. The lowest BCUT2D eigenvalue weighted by Gasteiger charge is -2.34. The summed E-state index contributed by atoms with van der Waals surface area (Å²) in [6, 6.07) is 17.9. The lowest BCUT2D eigenvalue weighted by molar-refractivity contribution is -0.128. The van der Waals surface area contributed by atoms with Gasteiger partial charge >= 0.3 is 0 Å². The molecule has 336 valence electrons. The van der Waals surface area contributed by atoms with Crippen molar-refractivity contribution < 1.29 is 29.3 Å². The first-order chi connectivity index (χ1) is 30.5. The van der Waals surface area contributed by atoms with E-state index in [0.29, 0.717) is 126 Å². The molecule has 0 aromatic heterocycles. The third-order valence-corrected chi connectivity index (χ3v) is 13.9. The average molecular weight is 998 g/mol. The van der Waals surface area contributed by atoms with Gasteiger partial charge in [-0.15, -0.1) is 0 Å². The standard InChI is InChI=1S/C46H48Cl6N4O6S/c47-33-5-7-35(37(49)29-33)43-31(3-11-41(59)55-17-13-53(14-18-55)21-25-61-27-23-57)1-9-39(45(43)51)63-40-10-2-32(44(46(40)52)36-8-6-34(48)30-38(36)50)4-12-42(60)56-19-15-54(16-20-56)22-26-62-28-24-58/h1-12,29-30,57-58H,13-28H2/b11-3+,12-4+. The van der Waals surface area contributed by atoms with Gasteiger partial charge in [0.25, 0.3) is 0 Å². The number of benzene rings is 4. The zero-order valence-corrected chi connectivity index (χ0v) is 39.7. The fourth-order valence-electron chi connectivity index (χ4n) is 7.27. The Morgan fingerprint density at radius 1 is 0.556 bits per heavy atom. The number of amides is 2. The van der Waals surface area contributed by atoms with Crippen LogP contribution >= 0.6 is 81.4 Å². The molecule has 0 atom stereocenters. The van der Waals surface area contributed by atoms with Gasteiger partial charge in [0.05, 0.1) is 49.7 Å². The molecule has 6 rings (SSSR count). The maximum absolute atomic E-state index is 13.4. The molecule has 0 aliphatic carbocycles. The van der Waals surface area contributed by atoms with Crippen molar-refractivity contribution in [3.8, 4) is 22.3 Å². The summed E-state index contributed by atoms with van der Waals surface area (Å²) in [4.78, 5) is 36.3. The molecule has 2 aliphatic rings. The van der Waals surface area contributed by atoms with Gasteiger partial charge in [0.1, 0.15) is 0 Å². The second kappa shape index (κ2) is 24.6. The highest BCUT2D eigenvalue weighted by Gasteiger charge is 2.24. The van der Waals surface area contributed by atoms with Crippen LogP contribution in [0.5, 0.6) is 0 Å². The zero-order chi connectivity index (χ0) is 44.9. The van der Waals surface area contributed by atoms with Crippen molar-refractivity contribution in [2.24, 2.45) is 0 Å². The van der Waals surface area contributed by atoms with Crippen molar-refractivity contribution in [3.05, 3.63) is 114 Å². The number of aliphatic hydroxyl groups excluding tert-OH is 2. The largest absolute Gasteiger partial charge is 0.394 e. The first kappa shape index (κ1) is 49.6. The van der Waals surface area contributed by atoms with Crippen molar-refractivity contribution in [2.75, 3.05) is 105 Å². The van der Waals surface area contributed by atoms with Gasteiger partial charge in [0.15, 0.2) is 0 Å². The molecule has 0 saturated carbocycles. The Balaban J connectivity index is 1.25. The molecule has 0 bridgehead atoms. The summed E-state index contributed by atoms with van der Waals surface area (Å²) < 4.78 is 10.8. The number of carbonyl (C=O) groups is 2. The Morgan fingerprint density at radius 2 is 0.952 bits per heavy atom. The second-order valence-corrected chi connectivity index (χ2v) is 18.2. The molecule has 0 radical (unpaired) electrons. The first-order valence-electron chi connectivity index (χ1n) is 20.5. The number of ether oxygens (including phenoxy) is 2. The number of halogens is 6. The van der Waals surface area contributed by atoms with E-state index in [-0.39, 0.29) is 25.0 Å². The third kappa shape index (κ3) is 13.6. The van der Waals surface area contributed by atoms with Gasteiger partial charge in [-0.05, 0) is 59.7 Å². The van der Waals surface area contributed by atoms with E-state index >= 15 is 0 Å². The Bertz CT molecular complexity index is 2130. The Labute approximate surface area is 402 Å². The van der Waals surface area contributed by atoms with Crippen molar-refractivity contribution >= 4 is 105 Å². The van der Waals surface area contributed by atoms with Gasteiger partial charge in [0, 0.05) is 130 Å². The SMILES string of the molecule is O=C(/C=C/c1ccc(Sc2ccc(/C=C/C(=O)N3CCN(CCOCCO)CC3)c(-c3ccc(Cl)cc3Cl)c2Cl)c(Cl)c1-c1ccc(Cl)cc1Cl)N1CCN(CCOCCO)CC1. The van der Waals surface area contributed by atoms with Crippen molar-refractivity contribution in [3.63, 3.8) is 0 Å². The van der Waals surface area contributed by atoms with E-state index in [9.17, 15) is 9.59 Å². The zero-order valence-electron chi connectivity index (χ0n) is 34.4. The van der Waals surface area contributed by atoms with E-state index in [1.807, 2.05) is 34.1 Å². The quantitative estimate of drug-likeness (QED) is 0.0746. The summed E-state index contributed by atoms with van der Waals surface area (Å²) in [5.74, 6) is -0.242. The van der Waals surface area contributed by atoms with E-state index in [4.69, 9.17) is 89.3 Å². The summed E-state index contributed by atoms with van der Waals surface area (Å²) in [5, 5.41) is 20.4. The minimum absolute atomic E-state index is 0.00741. The summed E-state index contributed by atoms with van der Waals surface area (Å²) >= 11 is 42.2. The van der Waals surface area contributed by atoms with Crippen LogP contribution in [0.15, 0.2) is 82.6 Å². The first-order valence-corrected chi connectivity index (χ1v) is 23.6. The maximum atomic E-state index is 13.4. The Morgan fingerprint density at radius 3 is 1.32 bits per heavy atom. The molecular formula is C46H48Cl6N4O6S. The maximum Gasteiger partial charge on any atom is 0.246 e. The number of hydrogen-bond donors (Lipinski definition) is 2. The third-order valence-electron chi connectivity index (χ3n) is 10.7. The number of carbonyl (C=O) groups excluding carboxylic acids is 2. The van der Waals surface area contributed by atoms with Crippen LogP contribution < -0.4 is 0 Å². The lowest BCUT2D eigenvalue weighted by atomic mass is 9.98. The van der Waals surface area contributed by atoms with Crippen LogP contribution in [0.2, 0.25) is 30.1 Å². The van der Waals surface area contributed by atoms with Crippen LogP contribution in [-0.2, 0) is 19.1 Å². The molecule has 2 heterocycles. The molecule has 2 fully saturated rings. The number of piperazine rings is 2. The molecular weight excluding hydrogens is 949 g/mol. The molecule has 4 aromatic carbocycles. The van der Waals surface area contributed by atoms with E-state index in [2.05, 4.69) is 9.80 Å². The molecule has 17 heteroatoms. The second-order valence-electron chi connectivity index (χ2n) is 14.7. The van der Waals surface area contributed by atoms with Crippen LogP contribution in [0.1, 0.15) is 11.1 Å². The van der Waals surface area contributed by atoms with Gasteiger partial charge in [-0.25, -0.2) is 0 Å². The number of nitrogens with zero attached hydrogens (tertiary/aromatic N) is 4. The topological polar surface area (TPSA) is 106 Å². The molecule has 0 unspecified atom stereocenters. The van der Waals surface area contributed by atoms with Gasteiger partial charge < -0.3 is 29.5 Å². The molecule has 2 aliphatic heterocycles. The highest BCUT2D eigenvalue weighted by Crippen LogP contribution is 2.48. The van der Waals surface area contributed by atoms with Crippen LogP contribution in [0.25, 0.3) is 34.4 Å². The average Bonchev–Trinajstić information content (AvgIpc) is 3.27. The predicted octanol–water partition coefficient (Wildman–Crippen LogP) is 9.42. The smallest absolute Gasteiger partial charge is 0.246 e. The van der Waals surface area contributed by atoms with Crippen LogP contribution in [0.3, 0.4) is 0 Å². The Kier molecular flexibility index (Phi) is 19.4. The predicted molar refractivity (Wildman–Crippen MR) is 258 cm³/mol. The summed E-state index contributed by atoms with van der Waals surface area (Å²) in [6.07, 6.45) is 6.62. The van der Waals surface area contributed by atoms with Gasteiger partial charge in [0.2, 0.25) is 11.8 Å². The van der Waals surface area contributed by atoms with E-state index in [1.54, 1.807) is 60.7 Å². The van der Waals surface area contributed by atoms with Crippen molar-refractivity contribution in [1.82, 2.24) is 19.6 Å². The molecule has 63 heavy (non-hydrogen) atoms. The summed E-state index contributed by atoms with van der Waals surface area (Å²) in [6.45, 7) is 8.31. The Hall–Kier alpha value is -2.85. The molecule has 0 spiro atoms. The number of hydrogen-bond acceptors (Lipinski definition) is 9. The van der Waals surface area contributed by atoms with E-state index in [0.717, 1.165) is 39.3 Å². The highest BCUT2D eigenvalue weighted by molar-refractivity contribution is 7.99. The van der Waals surface area contributed by atoms with Gasteiger partial charge in [-0.1, -0.05) is 106 Å². The fraction of sp³-hybridized carbons (Fsp3) is 0.348. The van der Waals surface area contributed by atoms with Gasteiger partial charge in [-0.2, -0.15) is 0 Å². The molecule has 2 N–H and O–H groups in total. The van der Waals surface area contributed by atoms with Crippen LogP contribution in [-0.4, -0.2) is 147 Å². The minimum atomic E-state index is -0.121. The normalized spacial score (nSPS) is 15.3. The summed E-state index contributed by atoms with van der Waals surface area (Å²) in [5.41, 5.74) is 3.86.